The maximum Gasteiger partial charge on any atom is 0.262 e. The first-order valence-electron chi connectivity index (χ1n) is 11.4. The Morgan fingerprint density at radius 2 is 1.89 bits per heavy atom. The SMILES string of the molecule is COc1ccccc1NS(=O)(=O)c1cc(C(=O)N2CCCC2c2nc3ccccc3[nH]2)ccc1C. The maximum atomic E-state index is 13.5. The summed E-state index contributed by atoms with van der Waals surface area (Å²) in [6, 6.07) is 19.1. The lowest BCUT2D eigenvalue weighted by Gasteiger charge is -2.23. The van der Waals surface area contributed by atoms with E-state index >= 15 is 0 Å². The number of ether oxygens (including phenoxy) is 1. The average molecular weight is 491 g/mol. The first-order chi connectivity index (χ1) is 16.9. The molecule has 0 radical (unpaired) electrons. The largest absolute Gasteiger partial charge is 0.495 e. The second-order valence-corrected chi connectivity index (χ2v) is 10.2. The highest BCUT2D eigenvalue weighted by Crippen LogP contribution is 2.33. The minimum absolute atomic E-state index is 0.0498. The molecule has 0 bridgehead atoms. The summed E-state index contributed by atoms with van der Waals surface area (Å²) in [5.74, 6) is 0.934. The van der Waals surface area contributed by atoms with E-state index in [9.17, 15) is 13.2 Å². The quantitative estimate of drug-likeness (QED) is 0.409. The number of amides is 1. The number of aromatic amines is 1. The van der Waals surface area contributed by atoms with E-state index < -0.39 is 10.0 Å². The zero-order valence-electron chi connectivity index (χ0n) is 19.5. The number of methoxy groups -OCH3 is 1. The number of fused-ring (bicyclic) bond motifs is 1. The smallest absolute Gasteiger partial charge is 0.262 e. The van der Waals surface area contributed by atoms with Crippen LogP contribution in [0.5, 0.6) is 5.75 Å². The Morgan fingerprint density at radius 3 is 2.69 bits per heavy atom. The minimum atomic E-state index is -3.96. The summed E-state index contributed by atoms with van der Waals surface area (Å²) in [5, 5.41) is 0. The summed E-state index contributed by atoms with van der Waals surface area (Å²) in [4.78, 5) is 23.4. The molecule has 35 heavy (non-hydrogen) atoms. The molecule has 1 aliphatic heterocycles. The van der Waals surface area contributed by atoms with Crippen molar-refractivity contribution in [2.45, 2.75) is 30.7 Å². The summed E-state index contributed by atoms with van der Waals surface area (Å²) in [6.07, 6.45) is 1.64. The van der Waals surface area contributed by atoms with Crippen molar-refractivity contribution in [2.75, 3.05) is 18.4 Å². The number of sulfonamides is 1. The van der Waals surface area contributed by atoms with Crippen LogP contribution in [-0.4, -0.2) is 42.8 Å². The molecular weight excluding hydrogens is 464 g/mol. The van der Waals surface area contributed by atoms with E-state index in [0.717, 1.165) is 29.7 Å². The Hall–Kier alpha value is -3.85. The van der Waals surface area contributed by atoms with Crippen molar-refractivity contribution < 1.29 is 17.9 Å². The highest BCUT2D eigenvalue weighted by atomic mass is 32.2. The molecule has 1 atom stereocenters. The lowest BCUT2D eigenvalue weighted by atomic mass is 10.1. The van der Waals surface area contributed by atoms with Gasteiger partial charge in [-0.05, 0) is 61.7 Å². The molecule has 5 rings (SSSR count). The molecule has 1 saturated heterocycles. The van der Waals surface area contributed by atoms with Gasteiger partial charge in [-0.1, -0.05) is 30.3 Å². The summed E-state index contributed by atoms with van der Waals surface area (Å²) in [7, 11) is -2.48. The predicted molar refractivity (Wildman–Crippen MR) is 134 cm³/mol. The number of imidazole rings is 1. The van der Waals surface area contributed by atoms with Crippen LogP contribution in [0.4, 0.5) is 5.69 Å². The number of nitrogens with zero attached hydrogens (tertiary/aromatic N) is 2. The van der Waals surface area contributed by atoms with Crippen LogP contribution in [0.1, 0.15) is 40.6 Å². The van der Waals surface area contributed by atoms with Gasteiger partial charge in [0.2, 0.25) is 0 Å². The molecule has 1 amide bonds. The average Bonchev–Trinajstić information content (AvgIpc) is 3.51. The molecule has 0 spiro atoms. The van der Waals surface area contributed by atoms with Gasteiger partial charge < -0.3 is 14.6 Å². The fourth-order valence-electron chi connectivity index (χ4n) is 4.54. The van der Waals surface area contributed by atoms with E-state index in [1.165, 1.54) is 13.2 Å². The van der Waals surface area contributed by atoms with Crippen LogP contribution in [0.15, 0.2) is 71.6 Å². The molecule has 2 N–H and O–H groups in total. The zero-order chi connectivity index (χ0) is 24.6. The van der Waals surface area contributed by atoms with Gasteiger partial charge in [-0.25, -0.2) is 13.4 Å². The number of hydrogen-bond donors (Lipinski definition) is 2. The van der Waals surface area contributed by atoms with Crippen LogP contribution < -0.4 is 9.46 Å². The predicted octanol–water partition coefficient (Wildman–Crippen LogP) is 4.66. The second kappa shape index (κ2) is 9.07. The maximum absolute atomic E-state index is 13.5. The number of carbonyl (C=O) groups is 1. The van der Waals surface area contributed by atoms with Gasteiger partial charge in [0.15, 0.2) is 0 Å². The van der Waals surface area contributed by atoms with E-state index in [0.29, 0.717) is 29.1 Å². The number of aromatic nitrogens is 2. The monoisotopic (exact) mass is 490 g/mol. The number of para-hydroxylation sites is 4. The third-order valence-electron chi connectivity index (χ3n) is 6.31. The molecule has 0 saturated carbocycles. The van der Waals surface area contributed by atoms with Gasteiger partial charge in [0.1, 0.15) is 11.6 Å². The summed E-state index contributed by atoms with van der Waals surface area (Å²) in [5.41, 5.74) is 2.97. The van der Waals surface area contributed by atoms with Crippen LogP contribution in [0, 0.1) is 6.92 Å². The van der Waals surface area contributed by atoms with Crippen molar-refractivity contribution in [3.05, 3.63) is 83.7 Å². The molecule has 1 unspecified atom stereocenters. The number of likely N-dealkylation sites (tertiary alicyclic amines) is 1. The number of aryl methyl sites for hydroxylation is 1. The topological polar surface area (TPSA) is 104 Å². The molecule has 1 aromatic heterocycles. The Balaban J connectivity index is 1.45. The van der Waals surface area contributed by atoms with Crippen LogP contribution in [-0.2, 0) is 10.0 Å². The Bertz CT molecular complexity index is 1480. The lowest BCUT2D eigenvalue weighted by molar-refractivity contribution is 0.0730. The van der Waals surface area contributed by atoms with Crippen molar-refractivity contribution in [2.24, 2.45) is 0 Å². The first kappa shape index (κ1) is 22.9. The van der Waals surface area contributed by atoms with Crippen molar-refractivity contribution in [1.29, 1.82) is 0 Å². The molecule has 0 aliphatic carbocycles. The summed E-state index contributed by atoms with van der Waals surface area (Å²) < 4.78 is 34.4. The van der Waals surface area contributed by atoms with Gasteiger partial charge in [0.05, 0.1) is 34.8 Å². The Kier molecular flexibility index (Phi) is 5.94. The highest BCUT2D eigenvalue weighted by Gasteiger charge is 2.33. The van der Waals surface area contributed by atoms with Crippen molar-refractivity contribution >= 4 is 32.7 Å². The standard InChI is InChI=1S/C26H26N4O4S/c1-17-13-14-18(16-24(17)35(32,33)29-21-10-5-6-12-23(21)34-2)26(31)30-15-7-11-22(30)25-27-19-8-3-4-9-20(19)28-25/h3-6,8-10,12-14,16,22,29H,7,11,15H2,1-2H3,(H,27,28). The first-order valence-corrected chi connectivity index (χ1v) is 12.9. The van der Waals surface area contributed by atoms with E-state index in [1.54, 1.807) is 48.2 Å². The summed E-state index contributed by atoms with van der Waals surface area (Å²) >= 11 is 0. The Morgan fingerprint density at radius 1 is 1.11 bits per heavy atom. The molecule has 1 fully saturated rings. The molecule has 180 valence electrons. The Labute approximate surface area is 204 Å². The van der Waals surface area contributed by atoms with Crippen LogP contribution in [0.2, 0.25) is 0 Å². The normalized spacial score (nSPS) is 15.9. The van der Waals surface area contributed by atoms with E-state index in [4.69, 9.17) is 4.74 Å². The highest BCUT2D eigenvalue weighted by molar-refractivity contribution is 7.92. The number of hydrogen-bond acceptors (Lipinski definition) is 5. The van der Waals surface area contributed by atoms with E-state index in [1.807, 2.05) is 24.3 Å². The van der Waals surface area contributed by atoms with Crippen molar-refractivity contribution in [1.82, 2.24) is 14.9 Å². The summed E-state index contributed by atoms with van der Waals surface area (Å²) in [6.45, 7) is 2.29. The van der Waals surface area contributed by atoms with Crippen molar-refractivity contribution in [3.8, 4) is 5.75 Å². The van der Waals surface area contributed by atoms with Gasteiger partial charge in [-0.2, -0.15) is 0 Å². The fraction of sp³-hybridized carbons (Fsp3) is 0.231. The van der Waals surface area contributed by atoms with Gasteiger partial charge in [0.25, 0.3) is 15.9 Å². The molecule has 4 aromatic rings. The van der Waals surface area contributed by atoms with Crippen molar-refractivity contribution in [3.63, 3.8) is 0 Å². The number of H-pyrrole nitrogens is 1. The second-order valence-electron chi connectivity index (χ2n) is 8.58. The lowest BCUT2D eigenvalue weighted by Crippen LogP contribution is -2.31. The van der Waals surface area contributed by atoms with Gasteiger partial charge >= 0.3 is 0 Å². The molecule has 2 heterocycles. The molecule has 8 nitrogen and oxygen atoms in total. The minimum Gasteiger partial charge on any atom is -0.495 e. The number of anilines is 1. The molecule has 3 aromatic carbocycles. The van der Waals surface area contributed by atoms with Crippen LogP contribution >= 0.6 is 0 Å². The van der Waals surface area contributed by atoms with Gasteiger partial charge in [-0.15, -0.1) is 0 Å². The van der Waals surface area contributed by atoms with Gasteiger partial charge in [0, 0.05) is 12.1 Å². The van der Waals surface area contributed by atoms with Gasteiger partial charge in [-0.3, -0.25) is 9.52 Å². The van der Waals surface area contributed by atoms with E-state index in [-0.39, 0.29) is 16.8 Å². The van der Waals surface area contributed by atoms with Crippen LogP contribution in [0.25, 0.3) is 11.0 Å². The number of nitrogens with one attached hydrogen (secondary N) is 2. The third-order valence-corrected chi connectivity index (χ3v) is 7.82. The zero-order valence-corrected chi connectivity index (χ0v) is 20.3. The number of benzene rings is 3. The fourth-order valence-corrected chi connectivity index (χ4v) is 5.88. The third kappa shape index (κ3) is 4.35. The van der Waals surface area contributed by atoms with E-state index in [2.05, 4.69) is 14.7 Å². The number of carbonyl (C=O) groups excluding carboxylic acids is 1. The molecule has 9 heteroatoms. The van der Waals surface area contributed by atoms with Crippen LogP contribution in [0.3, 0.4) is 0 Å². The molecule has 1 aliphatic rings. The number of rotatable bonds is 6. The molecular formula is C26H26N4O4S.